The van der Waals surface area contributed by atoms with Crippen LogP contribution in [-0.2, 0) is 11.3 Å². The van der Waals surface area contributed by atoms with E-state index < -0.39 is 6.04 Å². The summed E-state index contributed by atoms with van der Waals surface area (Å²) in [6, 6.07) is 15.7. The van der Waals surface area contributed by atoms with Crippen molar-refractivity contribution in [2.24, 2.45) is 0 Å². The molecule has 8 heteroatoms. The minimum absolute atomic E-state index is 0.0228. The van der Waals surface area contributed by atoms with Gasteiger partial charge >= 0.3 is 0 Å². The number of methoxy groups -OCH3 is 3. The molecule has 2 heterocycles. The molecule has 0 bridgehead atoms. The number of nitrogens with zero attached hydrogens (tertiary/aromatic N) is 2. The zero-order valence-electron chi connectivity index (χ0n) is 18.7. The summed E-state index contributed by atoms with van der Waals surface area (Å²) in [5, 5.41) is 2.81. The van der Waals surface area contributed by atoms with Gasteiger partial charge < -0.3 is 24.4 Å². The third-order valence-electron chi connectivity index (χ3n) is 5.61. The van der Waals surface area contributed by atoms with Gasteiger partial charge in [-0.1, -0.05) is 24.3 Å². The number of aromatic nitrogens is 1. The van der Waals surface area contributed by atoms with Crippen molar-refractivity contribution in [2.75, 3.05) is 26.6 Å². The zero-order valence-corrected chi connectivity index (χ0v) is 18.7. The van der Waals surface area contributed by atoms with E-state index in [2.05, 4.69) is 10.3 Å². The molecule has 4 rings (SSSR count). The Morgan fingerprint density at radius 3 is 2.33 bits per heavy atom. The van der Waals surface area contributed by atoms with Crippen molar-refractivity contribution < 1.29 is 23.8 Å². The molecular formula is C25H25N3O5. The minimum atomic E-state index is -0.567. The van der Waals surface area contributed by atoms with Gasteiger partial charge in [0.2, 0.25) is 11.7 Å². The highest BCUT2D eigenvalue weighted by molar-refractivity contribution is 5.99. The van der Waals surface area contributed by atoms with Gasteiger partial charge in [-0.3, -0.25) is 9.59 Å². The Morgan fingerprint density at radius 1 is 1.03 bits per heavy atom. The van der Waals surface area contributed by atoms with Crippen LogP contribution in [-0.4, -0.2) is 43.0 Å². The van der Waals surface area contributed by atoms with Gasteiger partial charge in [-0.05, 0) is 41.5 Å². The number of pyridine rings is 1. The van der Waals surface area contributed by atoms with Crippen LogP contribution in [0.2, 0.25) is 0 Å². The Morgan fingerprint density at radius 2 is 1.73 bits per heavy atom. The predicted molar refractivity (Wildman–Crippen MR) is 123 cm³/mol. The smallest absolute Gasteiger partial charge is 0.255 e. The predicted octanol–water partition coefficient (Wildman–Crippen LogP) is 3.83. The summed E-state index contributed by atoms with van der Waals surface area (Å²) in [5.74, 6) is 1.39. The number of hydrogen-bond donors (Lipinski definition) is 1. The fourth-order valence-electron chi connectivity index (χ4n) is 4.04. The van der Waals surface area contributed by atoms with Crippen LogP contribution in [0.5, 0.6) is 17.2 Å². The normalized spacial score (nSPS) is 13.3. The Bertz CT molecular complexity index is 1140. The molecule has 0 spiro atoms. The Hall–Kier alpha value is -4.07. The fourth-order valence-corrected chi connectivity index (χ4v) is 4.04. The second-order valence-corrected chi connectivity index (χ2v) is 7.53. The number of fused-ring (bicyclic) bond motifs is 1. The molecule has 170 valence electrons. The number of rotatable bonds is 8. The van der Waals surface area contributed by atoms with Crippen molar-refractivity contribution in [3.63, 3.8) is 0 Å². The quantitative estimate of drug-likeness (QED) is 0.564. The molecule has 1 aromatic heterocycles. The van der Waals surface area contributed by atoms with Gasteiger partial charge in [-0.2, -0.15) is 0 Å². The van der Waals surface area contributed by atoms with Crippen LogP contribution >= 0.6 is 0 Å². The summed E-state index contributed by atoms with van der Waals surface area (Å²) >= 11 is 0. The lowest BCUT2D eigenvalue weighted by molar-refractivity contribution is -0.117. The Balaban J connectivity index is 1.72. The summed E-state index contributed by atoms with van der Waals surface area (Å²) in [6.07, 6.45) is 1.63. The van der Waals surface area contributed by atoms with Crippen LogP contribution in [0.3, 0.4) is 0 Å². The SMILES string of the molecule is COc1cc([C@@H](CC(=O)Nc2ccccn2)N2Cc3ccccc3C2=O)cc(OC)c1OC. The van der Waals surface area contributed by atoms with E-state index in [1.807, 2.05) is 18.2 Å². The highest BCUT2D eigenvalue weighted by Crippen LogP contribution is 2.43. The molecule has 3 aromatic rings. The van der Waals surface area contributed by atoms with Crippen molar-refractivity contribution in [3.8, 4) is 17.2 Å². The summed E-state index contributed by atoms with van der Waals surface area (Å²) in [5.41, 5.74) is 2.26. The molecule has 1 aliphatic heterocycles. The lowest BCUT2D eigenvalue weighted by Gasteiger charge is -2.29. The molecule has 0 aliphatic carbocycles. The van der Waals surface area contributed by atoms with Gasteiger partial charge in [0, 0.05) is 18.3 Å². The average Bonchev–Trinajstić information content (AvgIpc) is 3.18. The van der Waals surface area contributed by atoms with Gasteiger partial charge in [0.15, 0.2) is 11.5 Å². The van der Waals surface area contributed by atoms with Crippen LogP contribution in [0, 0.1) is 0 Å². The average molecular weight is 447 g/mol. The van der Waals surface area contributed by atoms with Crippen LogP contribution in [0.1, 0.15) is 33.9 Å². The first-order chi connectivity index (χ1) is 16.0. The molecule has 2 aromatic carbocycles. The number of benzene rings is 2. The monoisotopic (exact) mass is 447 g/mol. The number of ether oxygens (including phenoxy) is 3. The maximum Gasteiger partial charge on any atom is 0.255 e. The summed E-state index contributed by atoms with van der Waals surface area (Å²) in [6.45, 7) is 0.396. The second-order valence-electron chi connectivity index (χ2n) is 7.53. The molecule has 1 N–H and O–H groups in total. The molecule has 2 amide bonds. The van der Waals surface area contributed by atoms with Crippen molar-refractivity contribution in [1.82, 2.24) is 9.88 Å². The van der Waals surface area contributed by atoms with E-state index in [-0.39, 0.29) is 18.2 Å². The molecule has 8 nitrogen and oxygen atoms in total. The molecule has 0 unspecified atom stereocenters. The summed E-state index contributed by atoms with van der Waals surface area (Å²) in [7, 11) is 4.58. The number of hydrogen-bond acceptors (Lipinski definition) is 6. The lowest BCUT2D eigenvalue weighted by Crippen LogP contribution is -2.32. The number of carbonyl (C=O) groups excluding carboxylic acids is 2. The highest BCUT2D eigenvalue weighted by Gasteiger charge is 2.35. The third kappa shape index (κ3) is 4.45. The molecule has 1 atom stereocenters. The van der Waals surface area contributed by atoms with E-state index in [4.69, 9.17) is 14.2 Å². The first-order valence-corrected chi connectivity index (χ1v) is 10.4. The van der Waals surface area contributed by atoms with E-state index >= 15 is 0 Å². The van der Waals surface area contributed by atoms with Gasteiger partial charge in [-0.25, -0.2) is 4.98 Å². The Kier molecular flexibility index (Phi) is 6.44. The number of nitrogens with one attached hydrogen (secondary N) is 1. The lowest BCUT2D eigenvalue weighted by atomic mass is 10.00. The molecule has 0 saturated heterocycles. The molecular weight excluding hydrogens is 422 g/mol. The van der Waals surface area contributed by atoms with Gasteiger partial charge in [0.25, 0.3) is 5.91 Å². The van der Waals surface area contributed by atoms with Crippen LogP contribution in [0.15, 0.2) is 60.8 Å². The first kappa shape index (κ1) is 22.1. The second kappa shape index (κ2) is 9.60. The molecule has 0 fully saturated rings. The number of amides is 2. The van der Waals surface area contributed by atoms with Crippen molar-refractivity contribution in [1.29, 1.82) is 0 Å². The van der Waals surface area contributed by atoms with E-state index in [0.29, 0.717) is 40.7 Å². The molecule has 0 radical (unpaired) electrons. The van der Waals surface area contributed by atoms with E-state index in [1.54, 1.807) is 47.5 Å². The van der Waals surface area contributed by atoms with Crippen LogP contribution < -0.4 is 19.5 Å². The van der Waals surface area contributed by atoms with Crippen molar-refractivity contribution >= 4 is 17.6 Å². The first-order valence-electron chi connectivity index (χ1n) is 10.4. The topological polar surface area (TPSA) is 90.0 Å². The standard InChI is InChI=1S/C25H25N3O5/c1-31-20-12-17(13-21(32-2)24(20)33-3)19(14-23(29)27-22-10-6-7-11-26-22)28-15-16-8-4-5-9-18(16)25(28)30/h4-13,19H,14-15H2,1-3H3,(H,26,27,29)/t19-/m1/s1. The number of anilines is 1. The van der Waals surface area contributed by atoms with Crippen LogP contribution in [0.25, 0.3) is 0 Å². The maximum atomic E-state index is 13.3. The van der Waals surface area contributed by atoms with Gasteiger partial charge in [-0.15, -0.1) is 0 Å². The van der Waals surface area contributed by atoms with E-state index in [9.17, 15) is 9.59 Å². The fraction of sp³-hybridized carbons (Fsp3) is 0.240. The van der Waals surface area contributed by atoms with Crippen molar-refractivity contribution in [3.05, 3.63) is 77.5 Å². The van der Waals surface area contributed by atoms with Gasteiger partial charge in [0.05, 0.1) is 33.8 Å². The van der Waals surface area contributed by atoms with Crippen molar-refractivity contribution in [2.45, 2.75) is 19.0 Å². The molecule has 33 heavy (non-hydrogen) atoms. The van der Waals surface area contributed by atoms with E-state index in [1.165, 1.54) is 21.3 Å². The highest BCUT2D eigenvalue weighted by atomic mass is 16.5. The maximum absolute atomic E-state index is 13.3. The zero-order chi connectivity index (χ0) is 23.4. The third-order valence-corrected chi connectivity index (χ3v) is 5.61. The van der Waals surface area contributed by atoms with E-state index in [0.717, 1.165) is 5.56 Å². The van der Waals surface area contributed by atoms with Crippen LogP contribution in [0.4, 0.5) is 5.82 Å². The molecule has 1 aliphatic rings. The minimum Gasteiger partial charge on any atom is -0.493 e. The Labute approximate surface area is 192 Å². The largest absolute Gasteiger partial charge is 0.493 e. The summed E-state index contributed by atoms with van der Waals surface area (Å²) < 4.78 is 16.4. The molecule has 0 saturated carbocycles. The summed E-state index contributed by atoms with van der Waals surface area (Å²) in [4.78, 5) is 32.1. The number of carbonyl (C=O) groups is 2. The van der Waals surface area contributed by atoms with Gasteiger partial charge in [0.1, 0.15) is 5.82 Å².